The molecule has 0 aromatic heterocycles. The zero-order valence-corrected chi connectivity index (χ0v) is 16.1. The van der Waals surface area contributed by atoms with E-state index in [1.54, 1.807) is 20.8 Å². The molecule has 1 amide bonds. The van der Waals surface area contributed by atoms with Gasteiger partial charge in [0.05, 0.1) is 12.0 Å². The SMILES string of the molecule is CC(C)(C)OC(=O)N[C@@H](Cc1ccccc1)C(=O)C(CN)c1ccccc1. The first-order chi connectivity index (χ1) is 12.8. The highest BCUT2D eigenvalue weighted by Crippen LogP contribution is 2.19. The molecule has 144 valence electrons. The summed E-state index contributed by atoms with van der Waals surface area (Å²) in [5.74, 6) is -0.617. The summed E-state index contributed by atoms with van der Waals surface area (Å²) in [6, 6.07) is 18.2. The van der Waals surface area contributed by atoms with Crippen LogP contribution in [0.1, 0.15) is 37.8 Å². The molecule has 0 aliphatic rings. The minimum absolute atomic E-state index is 0.126. The van der Waals surface area contributed by atoms with Crippen molar-refractivity contribution in [2.75, 3.05) is 6.54 Å². The third-order valence-corrected chi connectivity index (χ3v) is 4.10. The first-order valence-corrected chi connectivity index (χ1v) is 9.12. The van der Waals surface area contributed by atoms with E-state index in [1.165, 1.54) is 0 Å². The number of hydrogen-bond donors (Lipinski definition) is 2. The minimum Gasteiger partial charge on any atom is -0.444 e. The molecule has 0 radical (unpaired) electrons. The quantitative estimate of drug-likeness (QED) is 0.784. The Labute approximate surface area is 160 Å². The van der Waals surface area contributed by atoms with E-state index in [1.807, 2.05) is 60.7 Å². The van der Waals surface area contributed by atoms with Gasteiger partial charge in [0.15, 0.2) is 5.78 Å². The van der Waals surface area contributed by atoms with Crippen LogP contribution in [-0.2, 0) is 16.0 Å². The van der Waals surface area contributed by atoms with Gasteiger partial charge in [0.1, 0.15) is 5.60 Å². The zero-order valence-electron chi connectivity index (χ0n) is 16.1. The van der Waals surface area contributed by atoms with E-state index in [9.17, 15) is 9.59 Å². The Hall–Kier alpha value is -2.66. The molecule has 0 heterocycles. The fraction of sp³-hybridized carbons (Fsp3) is 0.364. The van der Waals surface area contributed by atoms with Crippen LogP contribution in [0.3, 0.4) is 0 Å². The summed E-state index contributed by atoms with van der Waals surface area (Å²) in [5.41, 5.74) is 7.06. The molecular formula is C22H28N2O3. The van der Waals surface area contributed by atoms with Crippen LogP contribution in [0.4, 0.5) is 4.79 Å². The van der Waals surface area contributed by atoms with E-state index < -0.39 is 23.7 Å². The number of ketones is 1. The van der Waals surface area contributed by atoms with Crippen LogP contribution in [0.2, 0.25) is 0 Å². The van der Waals surface area contributed by atoms with Crippen LogP contribution in [0.15, 0.2) is 60.7 Å². The molecule has 0 spiro atoms. The molecule has 0 saturated heterocycles. The van der Waals surface area contributed by atoms with Gasteiger partial charge in [-0.25, -0.2) is 4.79 Å². The summed E-state index contributed by atoms with van der Waals surface area (Å²) >= 11 is 0. The average Bonchev–Trinajstić information content (AvgIpc) is 2.62. The van der Waals surface area contributed by atoms with Crippen molar-refractivity contribution < 1.29 is 14.3 Å². The molecule has 0 aliphatic carbocycles. The van der Waals surface area contributed by atoms with E-state index in [2.05, 4.69) is 5.32 Å². The van der Waals surface area contributed by atoms with Crippen LogP contribution < -0.4 is 11.1 Å². The van der Waals surface area contributed by atoms with Crippen molar-refractivity contribution in [2.24, 2.45) is 5.73 Å². The van der Waals surface area contributed by atoms with Gasteiger partial charge >= 0.3 is 6.09 Å². The fourth-order valence-electron chi connectivity index (χ4n) is 2.87. The maximum atomic E-state index is 13.2. The van der Waals surface area contributed by atoms with E-state index in [4.69, 9.17) is 10.5 Å². The number of carbonyl (C=O) groups is 2. The van der Waals surface area contributed by atoms with Gasteiger partial charge in [-0.05, 0) is 38.3 Å². The first kappa shape index (κ1) is 20.6. The number of ether oxygens (including phenoxy) is 1. The van der Waals surface area contributed by atoms with E-state index in [0.29, 0.717) is 6.42 Å². The van der Waals surface area contributed by atoms with Gasteiger partial charge in [-0.3, -0.25) is 4.79 Å². The van der Waals surface area contributed by atoms with Crippen LogP contribution in [-0.4, -0.2) is 30.1 Å². The van der Waals surface area contributed by atoms with E-state index >= 15 is 0 Å². The van der Waals surface area contributed by atoms with Gasteiger partial charge in [0.25, 0.3) is 0 Å². The molecule has 0 saturated carbocycles. The molecular weight excluding hydrogens is 340 g/mol. The summed E-state index contributed by atoms with van der Waals surface area (Å²) in [5, 5.41) is 2.74. The Balaban J connectivity index is 2.24. The van der Waals surface area contributed by atoms with E-state index in [0.717, 1.165) is 11.1 Å². The molecule has 5 nitrogen and oxygen atoms in total. The first-order valence-electron chi connectivity index (χ1n) is 9.12. The second-order valence-corrected chi connectivity index (χ2v) is 7.49. The lowest BCUT2D eigenvalue weighted by Crippen LogP contribution is -2.47. The second-order valence-electron chi connectivity index (χ2n) is 7.49. The summed E-state index contributed by atoms with van der Waals surface area (Å²) in [4.78, 5) is 25.5. The van der Waals surface area contributed by atoms with Gasteiger partial charge in [-0.1, -0.05) is 60.7 Å². The highest BCUT2D eigenvalue weighted by Gasteiger charge is 2.30. The Kier molecular flexibility index (Phi) is 7.13. The summed E-state index contributed by atoms with van der Waals surface area (Å²) in [6.07, 6.45) is -0.233. The van der Waals surface area contributed by atoms with Gasteiger partial charge in [0.2, 0.25) is 0 Å². The topological polar surface area (TPSA) is 81.4 Å². The molecule has 0 aliphatic heterocycles. The third-order valence-electron chi connectivity index (χ3n) is 4.10. The highest BCUT2D eigenvalue weighted by atomic mass is 16.6. The van der Waals surface area contributed by atoms with Crippen molar-refractivity contribution in [1.29, 1.82) is 0 Å². The van der Waals surface area contributed by atoms with Crippen molar-refractivity contribution in [1.82, 2.24) is 5.32 Å². The molecule has 2 aromatic carbocycles. The lowest BCUT2D eigenvalue weighted by atomic mass is 9.88. The number of nitrogens with one attached hydrogen (secondary N) is 1. The van der Waals surface area contributed by atoms with Crippen molar-refractivity contribution in [2.45, 2.75) is 44.8 Å². The Morgan fingerprint density at radius 1 is 1.00 bits per heavy atom. The molecule has 3 N–H and O–H groups in total. The molecule has 1 unspecified atom stereocenters. The predicted molar refractivity (Wildman–Crippen MR) is 107 cm³/mol. The van der Waals surface area contributed by atoms with Crippen LogP contribution >= 0.6 is 0 Å². The minimum atomic E-state index is -0.726. The standard InChI is InChI=1S/C22H28N2O3/c1-22(2,3)27-21(26)24-19(14-16-10-6-4-7-11-16)20(25)18(15-23)17-12-8-5-9-13-17/h4-13,18-19H,14-15,23H2,1-3H3,(H,24,26)/t18?,19-/m0/s1. The zero-order chi connectivity index (χ0) is 19.9. The number of nitrogens with two attached hydrogens (primary N) is 1. The number of amides is 1. The monoisotopic (exact) mass is 368 g/mol. The van der Waals surface area contributed by atoms with Gasteiger partial charge in [-0.15, -0.1) is 0 Å². The lowest BCUT2D eigenvalue weighted by molar-refractivity contribution is -0.122. The predicted octanol–water partition coefficient (Wildman–Crippen LogP) is 3.43. The lowest BCUT2D eigenvalue weighted by Gasteiger charge is -2.25. The molecule has 0 fully saturated rings. The molecule has 5 heteroatoms. The molecule has 2 atom stereocenters. The largest absolute Gasteiger partial charge is 0.444 e. The maximum Gasteiger partial charge on any atom is 0.408 e. The normalized spacial score (nSPS) is 13.5. The summed E-state index contributed by atoms with van der Waals surface area (Å²) in [6.45, 7) is 5.53. The van der Waals surface area contributed by atoms with Gasteiger partial charge < -0.3 is 15.8 Å². The Bertz CT molecular complexity index is 739. The summed E-state index contributed by atoms with van der Waals surface area (Å²) in [7, 11) is 0. The highest BCUT2D eigenvalue weighted by molar-refractivity contribution is 5.93. The number of alkyl carbamates (subject to hydrolysis) is 1. The van der Waals surface area contributed by atoms with Crippen molar-refractivity contribution >= 4 is 11.9 Å². The maximum absolute atomic E-state index is 13.2. The van der Waals surface area contributed by atoms with Crippen molar-refractivity contribution in [3.63, 3.8) is 0 Å². The van der Waals surface area contributed by atoms with Gasteiger partial charge in [0, 0.05) is 6.54 Å². The van der Waals surface area contributed by atoms with Crippen molar-refractivity contribution in [3.8, 4) is 0 Å². The number of hydrogen-bond acceptors (Lipinski definition) is 4. The molecule has 27 heavy (non-hydrogen) atoms. The number of Topliss-reactive ketones (excluding diaryl/α,β-unsaturated/α-hetero) is 1. The Morgan fingerprint density at radius 2 is 1.56 bits per heavy atom. The Morgan fingerprint density at radius 3 is 2.07 bits per heavy atom. The number of rotatable bonds is 7. The van der Waals surface area contributed by atoms with Crippen LogP contribution in [0.5, 0.6) is 0 Å². The third kappa shape index (κ3) is 6.53. The van der Waals surface area contributed by atoms with Crippen LogP contribution in [0.25, 0.3) is 0 Å². The molecule has 2 aromatic rings. The number of carbonyl (C=O) groups excluding carboxylic acids is 2. The molecule has 2 rings (SSSR count). The average molecular weight is 368 g/mol. The van der Waals surface area contributed by atoms with Crippen LogP contribution in [0, 0.1) is 0 Å². The summed E-state index contributed by atoms with van der Waals surface area (Å²) < 4.78 is 5.34. The molecule has 0 bridgehead atoms. The smallest absolute Gasteiger partial charge is 0.408 e. The fourth-order valence-corrected chi connectivity index (χ4v) is 2.87. The van der Waals surface area contributed by atoms with E-state index in [-0.39, 0.29) is 12.3 Å². The second kappa shape index (κ2) is 9.33. The number of benzene rings is 2. The van der Waals surface area contributed by atoms with Gasteiger partial charge in [-0.2, -0.15) is 0 Å². The van der Waals surface area contributed by atoms with Crippen molar-refractivity contribution in [3.05, 3.63) is 71.8 Å².